The van der Waals surface area contributed by atoms with Crippen LogP contribution in [-0.4, -0.2) is 14.5 Å². The molecule has 8 heteroatoms. The molecule has 7 aromatic rings. The Morgan fingerprint density at radius 2 is 0.898 bits per heavy atom. The monoisotopic (exact) mass is 626 g/mol. The highest BCUT2D eigenvalue weighted by molar-refractivity contribution is 6.11. The molecular weight excluding hydrogens is 605 g/mol. The van der Waals surface area contributed by atoms with Gasteiger partial charge in [0.1, 0.15) is 0 Å². The van der Waals surface area contributed by atoms with E-state index >= 15 is 0 Å². The molecule has 0 aliphatic rings. The molecule has 0 saturated heterocycles. The van der Waals surface area contributed by atoms with Crippen LogP contribution in [0.15, 0.2) is 97.1 Å². The lowest BCUT2D eigenvalue weighted by molar-refractivity contribution is 1.05. The van der Waals surface area contributed by atoms with Crippen LogP contribution in [0.5, 0.6) is 0 Å². The Bertz CT molecular complexity index is 2530. The SMILES string of the molecule is Cc1cc(C)nc(-c2ccc(C#N)cc2-n2c3cc(-c4cc(C#N)cc(C#N)c4)ccc3c3ccc(-c4cc(C#N)cc(C#N)c4)cc32)n1. The van der Waals surface area contributed by atoms with Crippen molar-refractivity contribution < 1.29 is 0 Å². The molecule has 49 heavy (non-hydrogen) atoms. The molecule has 0 radical (unpaired) electrons. The molecule has 0 aliphatic heterocycles. The molecule has 0 spiro atoms. The number of benzene rings is 5. The normalized spacial score (nSPS) is 10.6. The Morgan fingerprint density at radius 3 is 1.33 bits per heavy atom. The minimum atomic E-state index is 0.381. The Kier molecular flexibility index (Phi) is 7.36. The Labute approximate surface area is 281 Å². The average Bonchev–Trinajstić information content (AvgIpc) is 3.46. The van der Waals surface area contributed by atoms with Gasteiger partial charge in [0.05, 0.1) is 74.9 Å². The Balaban J connectivity index is 1.60. The number of aromatic nitrogens is 3. The van der Waals surface area contributed by atoms with Crippen molar-refractivity contribution in [2.24, 2.45) is 0 Å². The average molecular weight is 627 g/mol. The van der Waals surface area contributed by atoms with Crippen LogP contribution >= 0.6 is 0 Å². The van der Waals surface area contributed by atoms with Gasteiger partial charge in [-0.1, -0.05) is 24.3 Å². The van der Waals surface area contributed by atoms with Gasteiger partial charge in [-0.15, -0.1) is 0 Å². The van der Waals surface area contributed by atoms with E-state index in [1.165, 1.54) is 0 Å². The van der Waals surface area contributed by atoms with E-state index in [9.17, 15) is 26.3 Å². The second kappa shape index (κ2) is 12.0. The maximum atomic E-state index is 10.0. The van der Waals surface area contributed by atoms with E-state index in [0.29, 0.717) is 39.3 Å². The van der Waals surface area contributed by atoms with Crippen molar-refractivity contribution in [1.29, 1.82) is 26.3 Å². The summed E-state index contributed by atoms with van der Waals surface area (Å²) in [4.78, 5) is 9.53. The summed E-state index contributed by atoms with van der Waals surface area (Å²) in [5.74, 6) is 0.514. The van der Waals surface area contributed by atoms with Gasteiger partial charge in [-0.3, -0.25) is 0 Å². The van der Waals surface area contributed by atoms with Gasteiger partial charge in [0.15, 0.2) is 5.82 Å². The fraction of sp³-hybridized carbons (Fsp3) is 0.0488. The number of hydrogen-bond acceptors (Lipinski definition) is 7. The van der Waals surface area contributed by atoms with Gasteiger partial charge in [-0.25, -0.2) is 9.97 Å². The first-order valence-corrected chi connectivity index (χ1v) is 15.2. The maximum Gasteiger partial charge on any atom is 0.161 e. The van der Waals surface area contributed by atoms with E-state index in [2.05, 4.69) is 34.9 Å². The van der Waals surface area contributed by atoms with Crippen LogP contribution in [0.1, 0.15) is 39.2 Å². The summed E-state index contributed by atoms with van der Waals surface area (Å²) in [5, 5.41) is 50.5. The van der Waals surface area contributed by atoms with E-state index in [1.807, 2.05) is 68.4 Å². The molecule has 5 aromatic carbocycles. The molecule has 0 unspecified atom stereocenters. The summed E-state index contributed by atoms with van der Waals surface area (Å²) < 4.78 is 2.08. The fourth-order valence-corrected chi connectivity index (χ4v) is 6.31. The molecule has 0 amide bonds. The highest BCUT2D eigenvalue weighted by Gasteiger charge is 2.20. The summed E-state index contributed by atoms with van der Waals surface area (Å²) in [5.41, 5.74) is 9.65. The number of hydrogen-bond donors (Lipinski definition) is 0. The van der Waals surface area contributed by atoms with E-state index in [-0.39, 0.29) is 0 Å². The van der Waals surface area contributed by atoms with Gasteiger partial charge in [-0.05, 0) is 109 Å². The van der Waals surface area contributed by atoms with E-state index in [4.69, 9.17) is 9.97 Å². The number of rotatable bonds is 4. The third-order valence-corrected chi connectivity index (χ3v) is 8.41. The number of nitriles is 5. The van der Waals surface area contributed by atoms with Crippen LogP contribution in [0.2, 0.25) is 0 Å². The first-order chi connectivity index (χ1) is 23.8. The van der Waals surface area contributed by atoms with Gasteiger partial charge in [0, 0.05) is 27.7 Å². The maximum absolute atomic E-state index is 10.0. The van der Waals surface area contributed by atoms with Crippen molar-refractivity contribution in [3.8, 4) is 69.7 Å². The highest BCUT2D eigenvalue weighted by atomic mass is 15.0. The van der Waals surface area contributed by atoms with Crippen molar-refractivity contribution in [3.05, 3.63) is 136 Å². The minimum Gasteiger partial charge on any atom is -0.308 e. The van der Waals surface area contributed by atoms with E-state index < -0.39 is 0 Å². The van der Waals surface area contributed by atoms with E-state index in [0.717, 1.165) is 61.0 Å². The zero-order chi connectivity index (χ0) is 34.2. The molecule has 2 aromatic heterocycles. The van der Waals surface area contributed by atoms with E-state index in [1.54, 1.807) is 42.5 Å². The first-order valence-electron chi connectivity index (χ1n) is 15.2. The van der Waals surface area contributed by atoms with Crippen molar-refractivity contribution in [2.45, 2.75) is 13.8 Å². The zero-order valence-corrected chi connectivity index (χ0v) is 26.3. The quantitative estimate of drug-likeness (QED) is 0.190. The van der Waals surface area contributed by atoms with Gasteiger partial charge >= 0.3 is 0 Å². The molecule has 2 heterocycles. The zero-order valence-electron chi connectivity index (χ0n) is 26.3. The molecule has 0 fully saturated rings. The summed E-state index contributed by atoms with van der Waals surface area (Å²) in [7, 11) is 0. The van der Waals surface area contributed by atoms with Crippen LogP contribution in [0.4, 0.5) is 0 Å². The molecule has 8 nitrogen and oxygen atoms in total. The standard InChI is InChI=1S/C41H22N8/c1-24-9-25(2)48-41(47-24)37-6-3-26(19-42)16-38(37)49-39-17-31(33-12-27(20-43)10-28(13-33)21-44)4-7-35(39)36-8-5-32(18-40(36)49)34-14-29(22-45)11-30(15-34)23-46/h3-18H,1-2H3. The van der Waals surface area contributed by atoms with Crippen molar-refractivity contribution in [2.75, 3.05) is 0 Å². The number of aryl methyl sites for hydroxylation is 2. The lowest BCUT2D eigenvalue weighted by Crippen LogP contribution is -2.02. The summed E-state index contributed by atoms with van der Waals surface area (Å²) in [6.45, 7) is 3.83. The lowest BCUT2D eigenvalue weighted by Gasteiger charge is -2.15. The third-order valence-electron chi connectivity index (χ3n) is 8.41. The predicted octanol–water partition coefficient (Wildman–Crippen LogP) is 8.55. The van der Waals surface area contributed by atoms with Crippen LogP contribution in [-0.2, 0) is 0 Å². The number of nitrogens with zero attached hydrogens (tertiary/aromatic N) is 8. The highest BCUT2D eigenvalue weighted by Crippen LogP contribution is 2.40. The second-order valence-corrected chi connectivity index (χ2v) is 11.7. The minimum absolute atomic E-state index is 0.381. The Morgan fingerprint density at radius 1 is 0.449 bits per heavy atom. The van der Waals surface area contributed by atoms with Gasteiger partial charge in [-0.2, -0.15) is 26.3 Å². The molecular formula is C41H22N8. The third kappa shape index (κ3) is 5.37. The lowest BCUT2D eigenvalue weighted by atomic mass is 9.98. The van der Waals surface area contributed by atoms with Crippen LogP contribution in [0.25, 0.3) is 61.1 Å². The van der Waals surface area contributed by atoms with Crippen molar-refractivity contribution in [1.82, 2.24) is 14.5 Å². The molecule has 7 rings (SSSR count). The predicted molar refractivity (Wildman–Crippen MR) is 186 cm³/mol. The van der Waals surface area contributed by atoms with Crippen molar-refractivity contribution >= 4 is 21.8 Å². The largest absolute Gasteiger partial charge is 0.308 e. The van der Waals surface area contributed by atoms with Gasteiger partial charge in [0.25, 0.3) is 0 Å². The molecule has 0 aliphatic carbocycles. The Hall–Kier alpha value is -7.57. The molecule has 0 N–H and O–H groups in total. The molecule has 0 atom stereocenters. The fourth-order valence-electron chi connectivity index (χ4n) is 6.31. The topological polar surface area (TPSA) is 150 Å². The van der Waals surface area contributed by atoms with Crippen molar-refractivity contribution in [3.63, 3.8) is 0 Å². The summed E-state index contributed by atoms with van der Waals surface area (Å²) in [6, 6.07) is 40.4. The summed E-state index contributed by atoms with van der Waals surface area (Å²) in [6.07, 6.45) is 0. The van der Waals surface area contributed by atoms with Gasteiger partial charge < -0.3 is 4.57 Å². The second-order valence-electron chi connectivity index (χ2n) is 11.7. The van der Waals surface area contributed by atoms with Gasteiger partial charge in [0.2, 0.25) is 0 Å². The smallest absolute Gasteiger partial charge is 0.161 e. The van der Waals surface area contributed by atoms with Crippen LogP contribution < -0.4 is 0 Å². The molecule has 0 saturated carbocycles. The number of fused-ring (bicyclic) bond motifs is 3. The van der Waals surface area contributed by atoms with Crippen LogP contribution in [0, 0.1) is 70.5 Å². The molecule has 226 valence electrons. The summed E-state index contributed by atoms with van der Waals surface area (Å²) >= 11 is 0. The molecule has 0 bridgehead atoms. The van der Waals surface area contributed by atoms with Crippen LogP contribution in [0.3, 0.4) is 0 Å². The first kappa shape index (κ1) is 30.1.